The molecule has 0 spiro atoms. The van der Waals surface area contributed by atoms with E-state index in [1.807, 2.05) is 0 Å². The van der Waals surface area contributed by atoms with E-state index < -0.39 is 0 Å². The zero-order chi connectivity index (χ0) is 13.9. The highest BCUT2D eigenvalue weighted by Gasteiger charge is 2.06. The van der Waals surface area contributed by atoms with Gasteiger partial charge in [0.1, 0.15) is 12.4 Å². The summed E-state index contributed by atoms with van der Waals surface area (Å²) in [6.07, 6.45) is 2.29. The zero-order valence-corrected chi connectivity index (χ0v) is 12.5. The Kier molecular flexibility index (Phi) is 8.26. The Hall–Kier alpha value is -1.06. The molecule has 0 amide bonds. The van der Waals surface area contributed by atoms with Crippen molar-refractivity contribution in [3.8, 4) is 5.75 Å². The van der Waals surface area contributed by atoms with Crippen molar-refractivity contribution in [2.24, 2.45) is 0 Å². The number of ether oxygens (including phenoxy) is 2. The van der Waals surface area contributed by atoms with Gasteiger partial charge < -0.3 is 14.8 Å². The first-order chi connectivity index (χ1) is 9.29. The Morgan fingerprint density at radius 2 is 1.95 bits per heavy atom. The van der Waals surface area contributed by atoms with Crippen molar-refractivity contribution in [3.63, 3.8) is 0 Å². The van der Waals surface area contributed by atoms with Gasteiger partial charge >= 0.3 is 0 Å². The second kappa shape index (κ2) is 9.82. The second-order valence-corrected chi connectivity index (χ2v) is 4.66. The van der Waals surface area contributed by atoms with E-state index in [0.717, 1.165) is 31.9 Å². The van der Waals surface area contributed by atoms with Gasteiger partial charge in [-0.1, -0.05) is 38.5 Å². The van der Waals surface area contributed by atoms with Crippen LogP contribution in [0.3, 0.4) is 0 Å². The van der Waals surface area contributed by atoms with Gasteiger partial charge in [0.05, 0.1) is 6.61 Å². The second-order valence-electron chi connectivity index (χ2n) is 4.66. The summed E-state index contributed by atoms with van der Waals surface area (Å²) in [5, 5.41) is 3.34. The van der Waals surface area contributed by atoms with Crippen molar-refractivity contribution >= 4 is 0 Å². The van der Waals surface area contributed by atoms with Crippen LogP contribution in [0.1, 0.15) is 37.8 Å². The van der Waals surface area contributed by atoms with Crippen LogP contribution < -0.4 is 10.1 Å². The molecule has 19 heavy (non-hydrogen) atoms. The third kappa shape index (κ3) is 6.08. The molecule has 3 nitrogen and oxygen atoms in total. The van der Waals surface area contributed by atoms with E-state index in [1.165, 1.54) is 17.5 Å². The highest BCUT2D eigenvalue weighted by molar-refractivity contribution is 5.40. The van der Waals surface area contributed by atoms with Gasteiger partial charge in [0.15, 0.2) is 0 Å². The quantitative estimate of drug-likeness (QED) is 0.658. The maximum atomic E-state index is 5.88. The van der Waals surface area contributed by atoms with Crippen LogP contribution in [0.2, 0.25) is 0 Å². The highest BCUT2D eigenvalue weighted by Crippen LogP contribution is 2.23. The zero-order valence-electron chi connectivity index (χ0n) is 12.5. The molecule has 0 fully saturated rings. The Morgan fingerprint density at radius 3 is 2.68 bits per heavy atom. The van der Waals surface area contributed by atoms with Crippen molar-refractivity contribution in [1.29, 1.82) is 0 Å². The molecule has 0 heterocycles. The molecule has 0 saturated carbocycles. The Balaban J connectivity index is 2.42. The fourth-order valence-corrected chi connectivity index (χ4v) is 1.87. The summed E-state index contributed by atoms with van der Waals surface area (Å²) in [7, 11) is 0. The van der Waals surface area contributed by atoms with Gasteiger partial charge in [-0.3, -0.25) is 0 Å². The van der Waals surface area contributed by atoms with Gasteiger partial charge in [-0.15, -0.1) is 0 Å². The van der Waals surface area contributed by atoms with Crippen molar-refractivity contribution in [2.45, 2.75) is 40.2 Å². The summed E-state index contributed by atoms with van der Waals surface area (Å²) >= 11 is 0. The van der Waals surface area contributed by atoms with Crippen molar-refractivity contribution in [2.75, 3.05) is 26.4 Å². The predicted molar refractivity (Wildman–Crippen MR) is 79.8 cm³/mol. The SMILES string of the molecule is CCCCOCCOc1c(C)cccc1CNCC. The number of hydrogen-bond donors (Lipinski definition) is 1. The van der Waals surface area contributed by atoms with Crippen LogP contribution in [0.25, 0.3) is 0 Å². The Labute approximate surface area is 117 Å². The van der Waals surface area contributed by atoms with E-state index in [9.17, 15) is 0 Å². The first-order valence-electron chi connectivity index (χ1n) is 7.29. The highest BCUT2D eigenvalue weighted by atomic mass is 16.5. The number of unbranched alkanes of at least 4 members (excludes halogenated alkanes) is 1. The van der Waals surface area contributed by atoms with Crippen LogP contribution in [0, 0.1) is 6.92 Å². The van der Waals surface area contributed by atoms with Gasteiger partial charge in [0, 0.05) is 18.7 Å². The average Bonchev–Trinajstić information content (AvgIpc) is 2.42. The minimum atomic E-state index is 0.619. The van der Waals surface area contributed by atoms with E-state index in [0.29, 0.717) is 13.2 Å². The van der Waals surface area contributed by atoms with Crippen LogP contribution in [0.4, 0.5) is 0 Å². The molecule has 0 aliphatic carbocycles. The summed E-state index contributed by atoms with van der Waals surface area (Å²) in [6, 6.07) is 6.28. The average molecular weight is 265 g/mol. The molecule has 108 valence electrons. The molecular formula is C16H27NO2. The number of hydrogen-bond acceptors (Lipinski definition) is 3. The minimum absolute atomic E-state index is 0.619. The fraction of sp³-hybridized carbons (Fsp3) is 0.625. The molecule has 1 aromatic carbocycles. The van der Waals surface area contributed by atoms with Gasteiger partial charge in [-0.2, -0.15) is 0 Å². The van der Waals surface area contributed by atoms with Gasteiger partial charge in [-0.25, -0.2) is 0 Å². The van der Waals surface area contributed by atoms with Crippen LogP contribution in [0.5, 0.6) is 5.75 Å². The lowest BCUT2D eigenvalue weighted by Gasteiger charge is -2.14. The van der Waals surface area contributed by atoms with E-state index in [4.69, 9.17) is 9.47 Å². The topological polar surface area (TPSA) is 30.5 Å². The van der Waals surface area contributed by atoms with E-state index in [-0.39, 0.29) is 0 Å². The van der Waals surface area contributed by atoms with Crippen LogP contribution >= 0.6 is 0 Å². The minimum Gasteiger partial charge on any atom is -0.491 e. The number of rotatable bonds is 10. The summed E-state index contributed by atoms with van der Waals surface area (Å²) in [5.74, 6) is 1.00. The van der Waals surface area contributed by atoms with Crippen LogP contribution in [-0.2, 0) is 11.3 Å². The lowest BCUT2D eigenvalue weighted by atomic mass is 10.1. The molecule has 0 aliphatic heterocycles. The molecule has 1 N–H and O–H groups in total. The molecule has 1 rings (SSSR count). The third-order valence-electron chi connectivity index (χ3n) is 2.98. The van der Waals surface area contributed by atoms with Gasteiger partial charge in [-0.05, 0) is 25.5 Å². The van der Waals surface area contributed by atoms with Crippen molar-refractivity contribution in [3.05, 3.63) is 29.3 Å². The van der Waals surface area contributed by atoms with Crippen molar-refractivity contribution in [1.82, 2.24) is 5.32 Å². The molecule has 0 aromatic heterocycles. The molecule has 0 unspecified atom stereocenters. The van der Waals surface area contributed by atoms with Crippen molar-refractivity contribution < 1.29 is 9.47 Å². The van der Waals surface area contributed by atoms with E-state index >= 15 is 0 Å². The van der Waals surface area contributed by atoms with Crippen LogP contribution in [-0.4, -0.2) is 26.4 Å². The molecule has 0 bridgehead atoms. The first-order valence-corrected chi connectivity index (χ1v) is 7.29. The summed E-state index contributed by atoms with van der Waals surface area (Å²) < 4.78 is 11.4. The molecular weight excluding hydrogens is 238 g/mol. The Morgan fingerprint density at radius 1 is 1.11 bits per heavy atom. The molecule has 3 heteroatoms. The number of aryl methyl sites for hydroxylation is 1. The number of benzene rings is 1. The van der Waals surface area contributed by atoms with Gasteiger partial charge in [0.2, 0.25) is 0 Å². The number of nitrogens with one attached hydrogen (secondary N) is 1. The largest absolute Gasteiger partial charge is 0.491 e. The summed E-state index contributed by atoms with van der Waals surface area (Å²) in [4.78, 5) is 0. The molecule has 0 saturated heterocycles. The maximum Gasteiger partial charge on any atom is 0.126 e. The van der Waals surface area contributed by atoms with E-state index in [1.54, 1.807) is 0 Å². The molecule has 1 aromatic rings. The smallest absolute Gasteiger partial charge is 0.126 e. The van der Waals surface area contributed by atoms with Crippen LogP contribution in [0.15, 0.2) is 18.2 Å². The number of para-hydroxylation sites is 1. The fourth-order valence-electron chi connectivity index (χ4n) is 1.87. The Bertz CT molecular complexity index is 353. The lowest BCUT2D eigenvalue weighted by molar-refractivity contribution is 0.0974. The molecule has 0 radical (unpaired) electrons. The molecule has 0 atom stereocenters. The third-order valence-corrected chi connectivity index (χ3v) is 2.98. The predicted octanol–water partition coefficient (Wildman–Crippen LogP) is 3.30. The standard InChI is InChI=1S/C16H27NO2/c1-4-6-10-18-11-12-19-16-14(3)8-7-9-15(16)13-17-5-2/h7-9,17H,4-6,10-13H2,1-3H3. The van der Waals surface area contributed by atoms with E-state index in [2.05, 4.69) is 44.3 Å². The molecule has 0 aliphatic rings. The monoisotopic (exact) mass is 265 g/mol. The maximum absolute atomic E-state index is 5.88. The van der Waals surface area contributed by atoms with Gasteiger partial charge in [0.25, 0.3) is 0 Å². The summed E-state index contributed by atoms with van der Waals surface area (Å²) in [5.41, 5.74) is 2.40. The normalized spacial score (nSPS) is 10.7. The lowest BCUT2D eigenvalue weighted by Crippen LogP contribution is -2.14. The first kappa shape index (κ1) is 16.0. The summed E-state index contributed by atoms with van der Waals surface area (Å²) in [6.45, 7) is 10.3.